The molecule has 0 amide bonds. The first-order valence-corrected chi connectivity index (χ1v) is 8.28. The minimum Gasteiger partial charge on any atom is -0.330 e. The number of nitrogens with zero attached hydrogens (tertiary/aromatic N) is 2. The van der Waals surface area contributed by atoms with Crippen LogP contribution in [0.15, 0.2) is 17.0 Å². The zero-order chi connectivity index (χ0) is 17.3. The van der Waals surface area contributed by atoms with Gasteiger partial charge in [0.05, 0.1) is 4.92 Å². The summed E-state index contributed by atoms with van der Waals surface area (Å²) in [4.78, 5) is 10.3. The van der Waals surface area contributed by atoms with E-state index in [0.29, 0.717) is 17.7 Å². The van der Waals surface area contributed by atoms with Crippen LogP contribution in [0, 0.1) is 29.4 Å². The SMILES string of the molecule is Cc1cc([N+](=O)[O-])c(S(=O)(=O)N(C)CC(C)(C)CN)cc1C. The van der Waals surface area contributed by atoms with E-state index in [-0.39, 0.29) is 11.4 Å². The maximum atomic E-state index is 12.7. The van der Waals surface area contributed by atoms with Crippen LogP contribution in [0.1, 0.15) is 25.0 Å². The van der Waals surface area contributed by atoms with Crippen molar-refractivity contribution in [2.75, 3.05) is 20.1 Å². The van der Waals surface area contributed by atoms with Crippen LogP contribution in [0.4, 0.5) is 5.69 Å². The van der Waals surface area contributed by atoms with Crippen LogP contribution in [0.25, 0.3) is 0 Å². The van der Waals surface area contributed by atoms with Crippen LogP contribution < -0.4 is 5.73 Å². The second-order valence-electron chi connectivity index (χ2n) is 6.29. The van der Waals surface area contributed by atoms with Gasteiger partial charge in [-0.05, 0) is 43.0 Å². The number of nitrogens with two attached hydrogens (primary N) is 1. The summed E-state index contributed by atoms with van der Waals surface area (Å²) in [6.07, 6.45) is 0. The standard InChI is InChI=1S/C14H23N3O4S/c1-10-6-12(17(18)19)13(7-11(10)2)22(20,21)16(5)9-14(3,4)8-15/h6-7H,8-9,15H2,1-5H3. The smallest absolute Gasteiger partial charge is 0.289 e. The van der Waals surface area contributed by atoms with Crippen LogP contribution in [-0.2, 0) is 10.0 Å². The van der Waals surface area contributed by atoms with Gasteiger partial charge in [-0.25, -0.2) is 12.7 Å². The Hall–Kier alpha value is -1.51. The molecule has 0 atom stereocenters. The lowest BCUT2D eigenvalue weighted by Crippen LogP contribution is -2.39. The Balaban J connectivity index is 3.40. The quantitative estimate of drug-likeness (QED) is 0.633. The molecule has 1 aromatic carbocycles. The highest BCUT2D eigenvalue weighted by atomic mass is 32.2. The van der Waals surface area contributed by atoms with Gasteiger partial charge in [0, 0.05) is 19.7 Å². The van der Waals surface area contributed by atoms with Gasteiger partial charge < -0.3 is 5.73 Å². The van der Waals surface area contributed by atoms with Gasteiger partial charge in [-0.2, -0.15) is 0 Å². The number of hydrogen-bond acceptors (Lipinski definition) is 5. The highest BCUT2D eigenvalue weighted by Crippen LogP contribution is 2.30. The van der Waals surface area contributed by atoms with Crippen molar-refractivity contribution < 1.29 is 13.3 Å². The molecule has 2 N–H and O–H groups in total. The average molecular weight is 329 g/mol. The van der Waals surface area contributed by atoms with Crippen molar-refractivity contribution in [2.24, 2.45) is 11.1 Å². The molecule has 0 aromatic heterocycles. The summed E-state index contributed by atoms with van der Waals surface area (Å²) in [6, 6.07) is 2.65. The van der Waals surface area contributed by atoms with Crippen LogP contribution in [0.5, 0.6) is 0 Å². The number of benzene rings is 1. The highest BCUT2D eigenvalue weighted by molar-refractivity contribution is 7.89. The Morgan fingerprint density at radius 2 is 1.77 bits per heavy atom. The van der Waals surface area contributed by atoms with Crippen molar-refractivity contribution in [2.45, 2.75) is 32.6 Å². The predicted octanol–water partition coefficient (Wildman–Crippen LogP) is 1.82. The van der Waals surface area contributed by atoms with Gasteiger partial charge in [-0.1, -0.05) is 13.8 Å². The number of sulfonamides is 1. The fourth-order valence-electron chi connectivity index (χ4n) is 2.04. The van der Waals surface area contributed by atoms with Gasteiger partial charge in [0.25, 0.3) is 5.69 Å². The van der Waals surface area contributed by atoms with E-state index in [1.807, 2.05) is 13.8 Å². The van der Waals surface area contributed by atoms with Crippen molar-refractivity contribution >= 4 is 15.7 Å². The lowest BCUT2D eigenvalue weighted by atomic mass is 9.94. The summed E-state index contributed by atoms with van der Waals surface area (Å²) in [5.74, 6) is 0. The lowest BCUT2D eigenvalue weighted by Gasteiger charge is -2.28. The zero-order valence-corrected chi connectivity index (χ0v) is 14.4. The Morgan fingerprint density at radius 1 is 1.27 bits per heavy atom. The molecule has 0 bridgehead atoms. The van der Waals surface area contributed by atoms with E-state index >= 15 is 0 Å². The average Bonchev–Trinajstić information content (AvgIpc) is 2.40. The van der Waals surface area contributed by atoms with E-state index in [9.17, 15) is 18.5 Å². The molecule has 0 aliphatic heterocycles. The molecule has 8 heteroatoms. The lowest BCUT2D eigenvalue weighted by molar-refractivity contribution is -0.387. The van der Waals surface area contributed by atoms with E-state index in [1.54, 1.807) is 13.8 Å². The predicted molar refractivity (Wildman–Crippen MR) is 85.2 cm³/mol. The van der Waals surface area contributed by atoms with Gasteiger partial charge in [-0.15, -0.1) is 0 Å². The molecule has 0 aliphatic rings. The summed E-state index contributed by atoms with van der Waals surface area (Å²) in [5.41, 5.74) is 6.17. The molecule has 0 saturated carbocycles. The van der Waals surface area contributed by atoms with Gasteiger partial charge >= 0.3 is 0 Å². The molecular weight excluding hydrogens is 306 g/mol. The first kappa shape index (κ1) is 18.5. The number of rotatable bonds is 6. The van der Waals surface area contributed by atoms with Gasteiger partial charge in [0.15, 0.2) is 4.90 Å². The number of aryl methyl sites for hydroxylation is 2. The minimum atomic E-state index is -3.96. The van der Waals surface area contributed by atoms with Crippen LogP contribution in [0.2, 0.25) is 0 Å². The second-order valence-corrected chi connectivity index (χ2v) is 8.30. The van der Waals surface area contributed by atoms with E-state index < -0.39 is 26.0 Å². The fourth-order valence-corrected chi connectivity index (χ4v) is 3.62. The Bertz CT molecular complexity index is 684. The summed E-state index contributed by atoms with van der Waals surface area (Å²) < 4.78 is 26.5. The molecule has 7 nitrogen and oxygen atoms in total. The molecule has 0 saturated heterocycles. The van der Waals surface area contributed by atoms with Gasteiger partial charge in [0.2, 0.25) is 10.0 Å². The first-order valence-electron chi connectivity index (χ1n) is 6.84. The molecule has 1 aromatic rings. The van der Waals surface area contributed by atoms with Gasteiger partial charge in [-0.3, -0.25) is 10.1 Å². The number of nitro benzene ring substituents is 1. The third kappa shape index (κ3) is 3.82. The maximum Gasteiger partial charge on any atom is 0.289 e. The largest absolute Gasteiger partial charge is 0.330 e. The van der Waals surface area contributed by atoms with Crippen LogP contribution in [0.3, 0.4) is 0 Å². The summed E-state index contributed by atoms with van der Waals surface area (Å²) in [6.45, 7) is 7.60. The molecule has 0 aliphatic carbocycles. The fraction of sp³-hybridized carbons (Fsp3) is 0.571. The summed E-state index contributed by atoms with van der Waals surface area (Å²) in [5, 5.41) is 11.2. The minimum absolute atomic E-state index is 0.176. The molecule has 124 valence electrons. The van der Waals surface area contributed by atoms with Crippen molar-refractivity contribution in [3.63, 3.8) is 0 Å². The van der Waals surface area contributed by atoms with Crippen molar-refractivity contribution in [3.8, 4) is 0 Å². The number of hydrogen-bond donors (Lipinski definition) is 1. The normalized spacial score (nSPS) is 12.7. The Labute approximate surface area is 131 Å². The maximum absolute atomic E-state index is 12.7. The second kappa shape index (κ2) is 6.31. The number of nitro groups is 1. The van der Waals surface area contributed by atoms with Crippen LogP contribution in [-0.4, -0.2) is 37.8 Å². The summed E-state index contributed by atoms with van der Waals surface area (Å²) >= 11 is 0. The van der Waals surface area contributed by atoms with E-state index in [0.717, 1.165) is 4.31 Å². The third-order valence-corrected chi connectivity index (χ3v) is 5.50. The Morgan fingerprint density at radius 3 is 2.23 bits per heavy atom. The molecular formula is C14H23N3O4S. The topological polar surface area (TPSA) is 107 Å². The zero-order valence-electron chi connectivity index (χ0n) is 13.6. The third-order valence-electron chi connectivity index (χ3n) is 3.66. The van der Waals surface area contributed by atoms with Crippen molar-refractivity contribution in [1.29, 1.82) is 0 Å². The van der Waals surface area contributed by atoms with E-state index in [4.69, 9.17) is 5.73 Å². The first-order chi connectivity index (χ1) is 9.92. The monoisotopic (exact) mass is 329 g/mol. The van der Waals surface area contributed by atoms with Gasteiger partial charge in [0.1, 0.15) is 0 Å². The molecule has 0 fully saturated rings. The van der Waals surface area contributed by atoms with E-state index in [1.165, 1.54) is 19.2 Å². The molecule has 0 unspecified atom stereocenters. The van der Waals surface area contributed by atoms with Crippen molar-refractivity contribution in [3.05, 3.63) is 33.4 Å². The van der Waals surface area contributed by atoms with Crippen LogP contribution >= 0.6 is 0 Å². The molecule has 0 radical (unpaired) electrons. The molecule has 1 rings (SSSR count). The van der Waals surface area contributed by atoms with Crippen molar-refractivity contribution in [1.82, 2.24) is 4.31 Å². The van der Waals surface area contributed by atoms with E-state index in [2.05, 4.69) is 0 Å². The highest BCUT2D eigenvalue weighted by Gasteiger charge is 2.33. The Kier molecular flexibility index (Phi) is 5.32. The summed E-state index contributed by atoms with van der Waals surface area (Å²) in [7, 11) is -2.55. The molecule has 22 heavy (non-hydrogen) atoms. The molecule has 0 spiro atoms. The molecule has 0 heterocycles.